The van der Waals surface area contributed by atoms with Gasteiger partial charge in [0.05, 0.1) is 0 Å². The third kappa shape index (κ3) is 2.32. The van der Waals surface area contributed by atoms with Gasteiger partial charge in [0.15, 0.2) is 0 Å². The topological polar surface area (TPSA) is 22.0 Å². The van der Waals surface area contributed by atoms with Crippen LogP contribution in [0.2, 0.25) is 5.02 Å². The van der Waals surface area contributed by atoms with Gasteiger partial charge in [-0.3, -0.25) is 4.79 Å². The van der Waals surface area contributed by atoms with E-state index in [1.807, 2.05) is 29.0 Å². The minimum absolute atomic E-state index is 0.311. The van der Waals surface area contributed by atoms with E-state index in [0.29, 0.717) is 22.7 Å². The highest BCUT2D eigenvalue weighted by Crippen LogP contribution is 2.22. The van der Waals surface area contributed by atoms with Crippen LogP contribution in [0.15, 0.2) is 48.7 Å². The van der Waals surface area contributed by atoms with Gasteiger partial charge in [-0.05, 0) is 41.3 Å². The fourth-order valence-corrected chi connectivity index (χ4v) is 2.44. The van der Waals surface area contributed by atoms with Crippen molar-refractivity contribution in [3.63, 3.8) is 0 Å². The SMILES string of the molecule is O=Cc1ccc2ccn(Cc3cc(F)ccc3Cl)c2c1. The fraction of sp³-hybridized carbons (Fsp3) is 0.0625. The van der Waals surface area contributed by atoms with Gasteiger partial charge in [-0.25, -0.2) is 4.39 Å². The molecule has 0 N–H and O–H groups in total. The second-order valence-corrected chi connectivity index (χ2v) is 5.02. The summed E-state index contributed by atoms with van der Waals surface area (Å²) in [6, 6.07) is 11.8. The Morgan fingerprint density at radius 2 is 2.00 bits per heavy atom. The van der Waals surface area contributed by atoms with E-state index in [2.05, 4.69) is 0 Å². The molecule has 4 heteroatoms. The average molecular weight is 288 g/mol. The molecule has 0 aliphatic rings. The zero-order chi connectivity index (χ0) is 14.1. The summed E-state index contributed by atoms with van der Waals surface area (Å²) in [4.78, 5) is 10.9. The summed E-state index contributed by atoms with van der Waals surface area (Å²) in [5.74, 6) is -0.311. The van der Waals surface area contributed by atoms with E-state index in [0.717, 1.165) is 17.2 Å². The third-order valence-corrected chi connectivity index (χ3v) is 3.65. The Hall–Kier alpha value is -2.13. The van der Waals surface area contributed by atoms with E-state index < -0.39 is 0 Å². The molecule has 0 radical (unpaired) electrons. The number of hydrogen-bond acceptors (Lipinski definition) is 1. The molecule has 3 rings (SSSR count). The Balaban J connectivity index is 2.06. The van der Waals surface area contributed by atoms with Crippen LogP contribution in [0.1, 0.15) is 15.9 Å². The van der Waals surface area contributed by atoms with E-state index in [4.69, 9.17) is 11.6 Å². The average Bonchev–Trinajstić information content (AvgIpc) is 2.85. The smallest absolute Gasteiger partial charge is 0.150 e. The lowest BCUT2D eigenvalue weighted by Crippen LogP contribution is -1.99. The van der Waals surface area contributed by atoms with Crippen molar-refractivity contribution in [1.29, 1.82) is 0 Å². The molecule has 2 aromatic carbocycles. The predicted octanol–water partition coefficient (Wildman–Crippen LogP) is 4.29. The Bertz CT molecular complexity index is 794. The van der Waals surface area contributed by atoms with Gasteiger partial charge in [0, 0.05) is 28.8 Å². The number of carbonyl (C=O) groups excluding carboxylic acids is 1. The lowest BCUT2D eigenvalue weighted by atomic mass is 10.2. The minimum Gasteiger partial charge on any atom is -0.343 e. The van der Waals surface area contributed by atoms with E-state index in [9.17, 15) is 9.18 Å². The lowest BCUT2D eigenvalue weighted by Gasteiger charge is -2.08. The van der Waals surface area contributed by atoms with Crippen LogP contribution >= 0.6 is 11.6 Å². The molecular weight excluding hydrogens is 277 g/mol. The number of hydrogen-bond donors (Lipinski definition) is 0. The number of aldehydes is 1. The number of halogens is 2. The lowest BCUT2D eigenvalue weighted by molar-refractivity contribution is 0.112. The van der Waals surface area contributed by atoms with Crippen LogP contribution in [0.5, 0.6) is 0 Å². The maximum absolute atomic E-state index is 13.3. The fourth-order valence-electron chi connectivity index (χ4n) is 2.26. The van der Waals surface area contributed by atoms with Crippen molar-refractivity contribution in [2.45, 2.75) is 6.54 Å². The first kappa shape index (κ1) is 12.9. The molecule has 0 spiro atoms. The number of benzene rings is 2. The zero-order valence-electron chi connectivity index (χ0n) is 10.5. The Morgan fingerprint density at radius 3 is 2.80 bits per heavy atom. The number of rotatable bonds is 3. The van der Waals surface area contributed by atoms with Crippen molar-refractivity contribution < 1.29 is 9.18 Å². The first-order valence-corrected chi connectivity index (χ1v) is 6.53. The van der Waals surface area contributed by atoms with Gasteiger partial charge in [-0.2, -0.15) is 0 Å². The van der Waals surface area contributed by atoms with Crippen molar-refractivity contribution in [2.24, 2.45) is 0 Å². The summed E-state index contributed by atoms with van der Waals surface area (Å²) >= 11 is 6.09. The summed E-state index contributed by atoms with van der Waals surface area (Å²) in [7, 11) is 0. The molecule has 0 bridgehead atoms. The van der Waals surface area contributed by atoms with Gasteiger partial charge in [0.2, 0.25) is 0 Å². The molecule has 3 aromatic rings. The summed E-state index contributed by atoms with van der Waals surface area (Å²) in [5.41, 5.74) is 2.25. The molecular formula is C16H11ClFNO. The highest BCUT2D eigenvalue weighted by atomic mass is 35.5. The van der Waals surface area contributed by atoms with Crippen LogP contribution in [0, 0.1) is 5.82 Å². The zero-order valence-corrected chi connectivity index (χ0v) is 11.3. The Labute approximate surface area is 120 Å². The highest BCUT2D eigenvalue weighted by molar-refractivity contribution is 6.31. The van der Waals surface area contributed by atoms with Crippen LogP contribution in [0.3, 0.4) is 0 Å². The number of aromatic nitrogens is 1. The van der Waals surface area contributed by atoms with Gasteiger partial charge < -0.3 is 4.57 Å². The van der Waals surface area contributed by atoms with Crippen molar-refractivity contribution in [3.8, 4) is 0 Å². The maximum Gasteiger partial charge on any atom is 0.150 e. The van der Waals surface area contributed by atoms with Gasteiger partial charge >= 0.3 is 0 Å². The first-order chi connectivity index (χ1) is 9.67. The molecule has 1 heterocycles. The van der Waals surface area contributed by atoms with E-state index >= 15 is 0 Å². The molecule has 0 aliphatic heterocycles. The van der Waals surface area contributed by atoms with Crippen molar-refractivity contribution in [3.05, 3.63) is 70.6 Å². The molecule has 0 amide bonds. The van der Waals surface area contributed by atoms with Crippen molar-refractivity contribution >= 4 is 28.8 Å². The summed E-state index contributed by atoms with van der Waals surface area (Å²) in [6.45, 7) is 0.461. The van der Waals surface area contributed by atoms with Gasteiger partial charge in [0.1, 0.15) is 12.1 Å². The van der Waals surface area contributed by atoms with E-state index in [1.54, 1.807) is 12.1 Å². The van der Waals surface area contributed by atoms with E-state index in [1.165, 1.54) is 12.1 Å². The molecule has 0 saturated heterocycles. The monoisotopic (exact) mass is 287 g/mol. The van der Waals surface area contributed by atoms with Gasteiger partial charge in [0.25, 0.3) is 0 Å². The van der Waals surface area contributed by atoms with Crippen molar-refractivity contribution in [2.75, 3.05) is 0 Å². The molecule has 20 heavy (non-hydrogen) atoms. The molecule has 1 aromatic heterocycles. The molecule has 0 fully saturated rings. The summed E-state index contributed by atoms with van der Waals surface area (Å²) < 4.78 is 15.2. The Morgan fingerprint density at radius 1 is 1.15 bits per heavy atom. The third-order valence-electron chi connectivity index (χ3n) is 3.28. The molecule has 0 atom stereocenters. The second kappa shape index (κ2) is 5.10. The number of nitrogens with zero attached hydrogens (tertiary/aromatic N) is 1. The van der Waals surface area contributed by atoms with Crippen LogP contribution in [0.25, 0.3) is 10.9 Å². The van der Waals surface area contributed by atoms with Gasteiger partial charge in [-0.15, -0.1) is 0 Å². The van der Waals surface area contributed by atoms with Crippen LogP contribution in [-0.4, -0.2) is 10.9 Å². The number of carbonyl (C=O) groups is 1. The standard InChI is InChI=1S/C16H11ClFNO/c17-15-4-3-14(18)8-13(15)9-19-6-5-12-2-1-11(10-20)7-16(12)19/h1-8,10H,9H2. The summed E-state index contributed by atoms with van der Waals surface area (Å²) in [6.07, 6.45) is 2.71. The van der Waals surface area contributed by atoms with E-state index in [-0.39, 0.29) is 5.82 Å². The largest absolute Gasteiger partial charge is 0.343 e. The maximum atomic E-state index is 13.3. The number of fused-ring (bicyclic) bond motifs is 1. The molecule has 0 aliphatic carbocycles. The summed E-state index contributed by atoms with van der Waals surface area (Å²) in [5, 5.41) is 1.56. The normalized spacial score (nSPS) is 10.9. The second-order valence-electron chi connectivity index (χ2n) is 4.62. The Kier molecular flexibility index (Phi) is 3.28. The van der Waals surface area contributed by atoms with Crippen LogP contribution in [-0.2, 0) is 6.54 Å². The van der Waals surface area contributed by atoms with Crippen molar-refractivity contribution in [1.82, 2.24) is 4.57 Å². The van der Waals surface area contributed by atoms with Crippen LogP contribution in [0.4, 0.5) is 4.39 Å². The predicted molar refractivity (Wildman–Crippen MR) is 77.8 cm³/mol. The van der Waals surface area contributed by atoms with Gasteiger partial charge in [-0.1, -0.05) is 23.7 Å². The molecule has 0 unspecified atom stereocenters. The minimum atomic E-state index is -0.311. The first-order valence-electron chi connectivity index (χ1n) is 6.15. The van der Waals surface area contributed by atoms with Crippen LogP contribution < -0.4 is 0 Å². The molecule has 2 nitrogen and oxygen atoms in total. The quantitative estimate of drug-likeness (QED) is 0.659. The highest BCUT2D eigenvalue weighted by Gasteiger charge is 2.06. The molecule has 0 saturated carbocycles. The molecule has 100 valence electrons.